The molecule has 0 radical (unpaired) electrons. The smallest absolute Gasteiger partial charge is 0.122 e. The van der Waals surface area contributed by atoms with Gasteiger partial charge in [0.05, 0.1) is 0 Å². The second-order valence-electron chi connectivity index (χ2n) is 8.91. The monoisotopic (exact) mass is 410 g/mol. The Labute approximate surface area is 184 Å². The lowest BCUT2D eigenvalue weighted by Gasteiger charge is -2.10. The van der Waals surface area contributed by atoms with Gasteiger partial charge in [0.1, 0.15) is 11.5 Å². The lowest BCUT2D eigenvalue weighted by molar-refractivity contribution is 0.448. The standard InChI is InChI=1S/C28H42O2/c1-20(2)11-8-12-21(3)13-9-14-22(4)15-10-16-23(5)17-18-26-19-27(29)24(6)25(7)28(26)30/h11,13,15,17,19,29-30H,8-10,12,14,16,18H2,1-7H3/b21-13+,22-15+,23-17+. The maximum absolute atomic E-state index is 10.3. The minimum absolute atomic E-state index is 0.256. The summed E-state index contributed by atoms with van der Waals surface area (Å²) in [6.45, 7) is 14.6. The largest absolute Gasteiger partial charge is 0.508 e. The van der Waals surface area contributed by atoms with Crippen molar-refractivity contribution in [2.45, 2.75) is 93.4 Å². The van der Waals surface area contributed by atoms with Crippen molar-refractivity contribution in [3.63, 3.8) is 0 Å². The Hall–Kier alpha value is -2.22. The van der Waals surface area contributed by atoms with Gasteiger partial charge in [0, 0.05) is 5.56 Å². The van der Waals surface area contributed by atoms with Crippen molar-refractivity contribution >= 4 is 0 Å². The van der Waals surface area contributed by atoms with Crippen LogP contribution < -0.4 is 0 Å². The van der Waals surface area contributed by atoms with Gasteiger partial charge in [0.2, 0.25) is 0 Å². The highest BCUT2D eigenvalue weighted by Crippen LogP contribution is 2.32. The molecule has 0 heterocycles. The topological polar surface area (TPSA) is 40.5 Å². The van der Waals surface area contributed by atoms with E-state index < -0.39 is 0 Å². The second-order valence-corrected chi connectivity index (χ2v) is 8.91. The normalized spacial score (nSPS) is 13.0. The molecule has 0 aromatic heterocycles. The first-order valence-electron chi connectivity index (χ1n) is 11.2. The Morgan fingerprint density at radius 1 is 0.700 bits per heavy atom. The summed E-state index contributed by atoms with van der Waals surface area (Å²) >= 11 is 0. The minimum atomic E-state index is 0.256. The quantitative estimate of drug-likeness (QED) is 0.284. The van der Waals surface area contributed by atoms with Gasteiger partial charge in [0.15, 0.2) is 0 Å². The van der Waals surface area contributed by atoms with Crippen molar-refractivity contribution in [2.75, 3.05) is 0 Å². The number of phenolic OH excluding ortho intramolecular Hbond substituents is 2. The lowest BCUT2D eigenvalue weighted by atomic mass is 9.99. The molecule has 2 nitrogen and oxygen atoms in total. The molecule has 30 heavy (non-hydrogen) atoms. The molecular weight excluding hydrogens is 368 g/mol. The molecule has 1 rings (SSSR count). The van der Waals surface area contributed by atoms with Crippen LogP contribution in [0.4, 0.5) is 0 Å². The highest BCUT2D eigenvalue weighted by atomic mass is 16.3. The summed E-state index contributed by atoms with van der Waals surface area (Å²) in [5.41, 5.74) is 7.94. The van der Waals surface area contributed by atoms with Crippen LogP contribution in [0.5, 0.6) is 11.5 Å². The Morgan fingerprint density at radius 2 is 1.17 bits per heavy atom. The van der Waals surface area contributed by atoms with Gasteiger partial charge in [-0.2, -0.15) is 0 Å². The predicted octanol–water partition coefficient (Wildman–Crippen LogP) is 8.40. The third-order valence-corrected chi connectivity index (χ3v) is 5.74. The zero-order valence-corrected chi connectivity index (χ0v) is 20.2. The molecule has 0 amide bonds. The molecule has 2 heteroatoms. The minimum Gasteiger partial charge on any atom is -0.508 e. The number of benzene rings is 1. The molecule has 0 aliphatic rings. The first kappa shape index (κ1) is 25.8. The average Bonchev–Trinajstić information content (AvgIpc) is 2.67. The van der Waals surface area contributed by atoms with Crippen molar-refractivity contribution < 1.29 is 10.2 Å². The fraction of sp³-hybridized carbons (Fsp3) is 0.500. The van der Waals surface area contributed by atoms with Gasteiger partial charge in [-0.25, -0.2) is 0 Å². The average molecular weight is 411 g/mol. The predicted molar refractivity (Wildman–Crippen MR) is 131 cm³/mol. The van der Waals surface area contributed by atoms with Crippen LogP contribution in [0.2, 0.25) is 0 Å². The van der Waals surface area contributed by atoms with Crippen LogP contribution in [-0.2, 0) is 6.42 Å². The number of hydrogen-bond acceptors (Lipinski definition) is 2. The van der Waals surface area contributed by atoms with Crippen LogP contribution in [0, 0.1) is 13.8 Å². The first-order valence-corrected chi connectivity index (χ1v) is 11.2. The van der Waals surface area contributed by atoms with Crippen LogP contribution in [0.25, 0.3) is 0 Å². The summed E-state index contributed by atoms with van der Waals surface area (Å²) in [5, 5.41) is 20.3. The van der Waals surface area contributed by atoms with Crippen molar-refractivity contribution in [2.24, 2.45) is 0 Å². The van der Waals surface area contributed by atoms with Gasteiger partial charge in [-0.15, -0.1) is 0 Å². The first-order chi connectivity index (χ1) is 14.1. The lowest BCUT2D eigenvalue weighted by Crippen LogP contribution is -1.91. The van der Waals surface area contributed by atoms with Gasteiger partial charge in [-0.1, -0.05) is 46.6 Å². The van der Waals surface area contributed by atoms with Gasteiger partial charge in [-0.3, -0.25) is 0 Å². The Bertz CT molecular complexity index is 816. The number of hydrogen-bond donors (Lipinski definition) is 2. The Morgan fingerprint density at radius 3 is 1.67 bits per heavy atom. The SMILES string of the molecule is CC(C)=CCC/C(C)=C/CC/C(C)=C/CC/C(C)=C/Cc1cc(O)c(C)c(C)c1O. The molecule has 0 atom stereocenters. The van der Waals surface area contributed by atoms with Crippen LogP contribution in [0.1, 0.15) is 89.8 Å². The third kappa shape index (κ3) is 9.52. The summed E-state index contributed by atoms with van der Waals surface area (Å²) < 4.78 is 0. The fourth-order valence-corrected chi connectivity index (χ4v) is 3.38. The fourth-order valence-electron chi connectivity index (χ4n) is 3.38. The van der Waals surface area contributed by atoms with Crippen molar-refractivity contribution in [3.8, 4) is 11.5 Å². The summed E-state index contributed by atoms with van der Waals surface area (Å²) in [5.74, 6) is 0.556. The van der Waals surface area contributed by atoms with E-state index in [1.165, 1.54) is 22.3 Å². The molecule has 166 valence electrons. The molecule has 0 spiro atoms. The Balaban J connectivity index is 2.45. The van der Waals surface area contributed by atoms with E-state index >= 15 is 0 Å². The number of rotatable bonds is 11. The summed E-state index contributed by atoms with van der Waals surface area (Å²) in [6.07, 6.45) is 16.4. The van der Waals surface area contributed by atoms with E-state index in [4.69, 9.17) is 0 Å². The number of phenols is 2. The van der Waals surface area contributed by atoms with Crippen molar-refractivity contribution in [1.29, 1.82) is 0 Å². The molecule has 0 unspecified atom stereocenters. The van der Waals surface area contributed by atoms with Gasteiger partial charge < -0.3 is 10.2 Å². The molecule has 2 N–H and O–H groups in total. The zero-order chi connectivity index (χ0) is 22.7. The van der Waals surface area contributed by atoms with Gasteiger partial charge >= 0.3 is 0 Å². The molecule has 0 saturated carbocycles. The summed E-state index contributed by atoms with van der Waals surface area (Å²) in [7, 11) is 0. The summed E-state index contributed by atoms with van der Waals surface area (Å²) in [4.78, 5) is 0. The van der Waals surface area contributed by atoms with E-state index in [0.717, 1.165) is 55.2 Å². The summed E-state index contributed by atoms with van der Waals surface area (Å²) in [6, 6.07) is 1.68. The van der Waals surface area contributed by atoms with E-state index in [2.05, 4.69) is 58.9 Å². The van der Waals surface area contributed by atoms with E-state index in [1.807, 2.05) is 13.8 Å². The molecule has 1 aromatic carbocycles. The third-order valence-electron chi connectivity index (χ3n) is 5.74. The molecule has 1 aromatic rings. The maximum atomic E-state index is 10.3. The zero-order valence-electron chi connectivity index (χ0n) is 20.2. The maximum Gasteiger partial charge on any atom is 0.122 e. The van der Waals surface area contributed by atoms with Gasteiger partial charge in [0.25, 0.3) is 0 Å². The molecule has 0 aliphatic carbocycles. The van der Waals surface area contributed by atoms with Crippen LogP contribution in [0.3, 0.4) is 0 Å². The molecule has 0 bridgehead atoms. The van der Waals surface area contributed by atoms with Crippen LogP contribution >= 0.6 is 0 Å². The number of allylic oxidation sites excluding steroid dienone is 8. The molecule has 0 saturated heterocycles. The van der Waals surface area contributed by atoms with Crippen molar-refractivity contribution in [1.82, 2.24) is 0 Å². The highest BCUT2D eigenvalue weighted by Gasteiger charge is 2.10. The van der Waals surface area contributed by atoms with Crippen molar-refractivity contribution in [3.05, 3.63) is 69.4 Å². The second kappa shape index (κ2) is 13.2. The van der Waals surface area contributed by atoms with E-state index in [9.17, 15) is 10.2 Å². The Kier molecular flexibility index (Phi) is 11.3. The van der Waals surface area contributed by atoms with Crippen LogP contribution in [0.15, 0.2) is 52.7 Å². The number of aromatic hydroxyl groups is 2. The van der Waals surface area contributed by atoms with E-state index in [-0.39, 0.29) is 5.75 Å². The van der Waals surface area contributed by atoms with Crippen LogP contribution in [-0.4, -0.2) is 10.2 Å². The van der Waals surface area contributed by atoms with E-state index in [0.29, 0.717) is 12.2 Å². The van der Waals surface area contributed by atoms with Gasteiger partial charge in [-0.05, 0) is 111 Å². The molecule has 0 fully saturated rings. The molecular formula is C28H42O2. The molecule has 0 aliphatic heterocycles. The highest BCUT2D eigenvalue weighted by molar-refractivity contribution is 5.51. The van der Waals surface area contributed by atoms with E-state index in [1.54, 1.807) is 6.07 Å².